The van der Waals surface area contributed by atoms with Gasteiger partial charge in [0, 0.05) is 13.1 Å². The van der Waals surface area contributed by atoms with Crippen LogP contribution in [0.2, 0.25) is 5.02 Å². The predicted octanol–water partition coefficient (Wildman–Crippen LogP) is 2.42. The zero-order valence-electron chi connectivity index (χ0n) is 10.1. The molecule has 0 aliphatic carbocycles. The summed E-state index contributed by atoms with van der Waals surface area (Å²) in [6, 6.07) is 4.22. The van der Waals surface area contributed by atoms with Gasteiger partial charge in [0.15, 0.2) is 5.82 Å². The minimum absolute atomic E-state index is 0.111. The zero-order valence-corrected chi connectivity index (χ0v) is 10.9. The molecule has 1 atom stereocenters. The minimum Gasteiger partial charge on any atom is -0.481 e. The molecule has 1 aliphatic rings. The summed E-state index contributed by atoms with van der Waals surface area (Å²) in [5.41, 5.74) is -0.112. The number of halogens is 2. The van der Waals surface area contributed by atoms with Crippen LogP contribution in [0.5, 0.6) is 0 Å². The van der Waals surface area contributed by atoms with Crippen LogP contribution in [0.15, 0.2) is 18.2 Å². The van der Waals surface area contributed by atoms with Gasteiger partial charge in [-0.25, -0.2) is 4.39 Å². The second-order valence-electron chi connectivity index (χ2n) is 4.53. The van der Waals surface area contributed by atoms with Gasteiger partial charge in [-0.15, -0.1) is 0 Å². The molecule has 4 nitrogen and oxygen atoms in total. The Morgan fingerprint density at radius 3 is 2.84 bits per heavy atom. The van der Waals surface area contributed by atoms with Crippen LogP contribution in [0.4, 0.5) is 4.39 Å². The molecular weight excluding hydrogens is 273 g/mol. The third-order valence-corrected chi connectivity index (χ3v) is 3.53. The number of amides is 1. The standard InChI is InChI=1S/C13H13ClFNO3/c14-10-5-1-4-9(11(10)15)12(17)16-6-2-3-8(7-16)13(18)19/h1,4-5,8H,2-3,6-7H2,(H,18,19)/t8-/m1/s1. The summed E-state index contributed by atoms with van der Waals surface area (Å²) in [6.45, 7) is 0.550. The van der Waals surface area contributed by atoms with Gasteiger partial charge in [-0.2, -0.15) is 0 Å². The van der Waals surface area contributed by atoms with E-state index in [-0.39, 0.29) is 17.1 Å². The van der Waals surface area contributed by atoms with E-state index in [0.29, 0.717) is 19.4 Å². The fourth-order valence-electron chi connectivity index (χ4n) is 2.20. The molecule has 0 unspecified atom stereocenters. The maximum Gasteiger partial charge on any atom is 0.308 e. The van der Waals surface area contributed by atoms with Gasteiger partial charge in [-0.3, -0.25) is 9.59 Å². The van der Waals surface area contributed by atoms with Crippen LogP contribution in [0.25, 0.3) is 0 Å². The van der Waals surface area contributed by atoms with Crippen molar-refractivity contribution >= 4 is 23.5 Å². The van der Waals surface area contributed by atoms with E-state index in [2.05, 4.69) is 0 Å². The molecule has 1 aromatic carbocycles. The highest BCUT2D eigenvalue weighted by Crippen LogP contribution is 2.22. The smallest absolute Gasteiger partial charge is 0.308 e. The molecule has 1 aromatic rings. The second-order valence-corrected chi connectivity index (χ2v) is 4.94. The normalized spacial score (nSPS) is 19.3. The van der Waals surface area contributed by atoms with Crippen molar-refractivity contribution in [3.05, 3.63) is 34.6 Å². The topological polar surface area (TPSA) is 57.6 Å². The van der Waals surface area contributed by atoms with E-state index >= 15 is 0 Å². The number of hydrogen-bond donors (Lipinski definition) is 1. The third-order valence-electron chi connectivity index (χ3n) is 3.24. The number of carboxylic acids is 1. The molecule has 0 radical (unpaired) electrons. The van der Waals surface area contributed by atoms with E-state index in [4.69, 9.17) is 16.7 Å². The molecular formula is C13H13ClFNO3. The van der Waals surface area contributed by atoms with Crippen LogP contribution < -0.4 is 0 Å². The highest BCUT2D eigenvalue weighted by Gasteiger charge is 2.29. The Balaban J connectivity index is 2.19. The summed E-state index contributed by atoms with van der Waals surface area (Å²) in [4.78, 5) is 24.5. The zero-order chi connectivity index (χ0) is 14.0. The van der Waals surface area contributed by atoms with Gasteiger partial charge in [0.25, 0.3) is 5.91 Å². The van der Waals surface area contributed by atoms with E-state index in [0.717, 1.165) is 0 Å². The maximum atomic E-state index is 13.8. The highest BCUT2D eigenvalue weighted by molar-refractivity contribution is 6.31. The molecule has 6 heteroatoms. The van der Waals surface area contributed by atoms with Crippen LogP contribution in [0, 0.1) is 11.7 Å². The lowest BCUT2D eigenvalue weighted by molar-refractivity contribution is -0.143. The number of hydrogen-bond acceptors (Lipinski definition) is 2. The molecule has 0 spiro atoms. The van der Waals surface area contributed by atoms with Crippen molar-refractivity contribution in [1.29, 1.82) is 0 Å². The van der Waals surface area contributed by atoms with Crippen molar-refractivity contribution in [2.45, 2.75) is 12.8 Å². The molecule has 1 N–H and O–H groups in total. The van der Waals surface area contributed by atoms with Crippen molar-refractivity contribution in [3.8, 4) is 0 Å². The fourth-order valence-corrected chi connectivity index (χ4v) is 2.38. The molecule has 1 amide bonds. The molecule has 1 fully saturated rings. The van der Waals surface area contributed by atoms with E-state index in [1.54, 1.807) is 0 Å². The lowest BCUT2D eigenvalue weighted by Crippen LogP contribution is -2.42. The Morgan fingerprint density at radius 1 is 1.42 bits per heavy atom. The molecule has 102 valence electrons. The van der Waals surface area contributed by atoms with E-state index < -0.39 is 23.6 Å². The predicted molar refractivity (Wildman–Crippen MR) is 67.7 cm³/mol. The fraction of sp³-hybridized carbons (Fsp3) is 0.385. The van der Waals surface area contributed by atoms with Crippen molar-refractivity contribution in [1.82, 2.24) is 4.90 Å². The van der Waals surface area contributed by atoms with E-state index in [1.807, 2.05) is 0 Å². The third kappa shape index (κ3) is 2.87. The summed E-state index contributed by atoms with van der Waals surface area (Å²) in [6.07, 6.45) is 1.14. The summed E-state index contributed by atoms with van der Waals surface area (Å²) in [5, 5.41) is 8.86. The van der Waals surface area contributed by atoms with Gasteiger partial charge in [0.05, 0.1) is 16.5 Å². The molecule has 1 aliphatic heterocycles. The Bertz CT molecular complexity index is 521. The number of benzene rings is 1. The summed E-state index contributed by atoms with van der Waals surface area (Å²) in [5.74, 6) is -2.78. The number of carbonyl (C=O) groups excluding carboxylic acids is 1. The second kappa shape index (κ2) is 5.57. The Hall–Kier alpha value is -1.62. The monoisotopic (exact) mass is 285 g/mol. The average molecular weight is 286 g/mol. The summed E-state index contributed by atoms with van der Waals surface area (Å²) >= 11 is 5.64. The number of carboxylic acid groups (broad SMARTS) is 1. The van der Waals surface area contributed by atoms with Crippen molar-refractivity contribution in [2.75, 3.05) is 13.1 Å². The van der Waals surface area contributed by atoms with Crippen molar-refractivity contribution < 1.29 is 19.1 Å². The maximum absolute atomic E-state index is 13.8. The van der Waals surface area contributed by atoms with Crippen molar-refractivity contribution in [3.63, 3.8) is 0 Å². The van der Waals surface area contributed by atoms with Crippen molar-refractivity contribution in [2.24, 2.45) is 5.92 Å². The Kier molecular flexibility index (Phi) is 4.04. The summed E-state index contributed by atoms with van der Waals surface area (Å²) < 4.78 is 13.8. The SMILES string of the molecule is O=C(O)[C@@H]1CCCN(C(=O)c2cccc(Cl)c2F)C1. The van der Waals surface area contributed by atoms with Crippen LogP contribution in [0.3, 0.4) is 0 Å². The first-order valence-electron chi connectivity index (χ1n) is 5.97. The lowest BCUT2D eigenvalue weighted by Gasteiger charge is -2.30. The largest absolute Gasteiger partial charge is 0.481 e. The number of nitrogens with zero attached hydrogens (tertiary/aromatic N) is 1. The van der Waals surface area contributed by atoms with Gasteiger partial charge < -0.3 is 10.0 Å². The molecule has 19 heavy (non-hydrogen) atoms. The van der Waals surface area contributed by atoms with E-state index in [1.165, 1.54) is 23.1 Å². The first-order valence-corrected chi connectivity index (χ1v) is 6.34. The minimum atomic E-state index is -0.927. The molecule has 2 rings (SSSR count). The molecule has 0 bridgehead atoms. The lowest BCUT2D eigenvalue weighted by atomic mass is 9.97. The first kappa shape index (κ1) is 13.8. The number of likely N-dealkylation sites (tertiary alicyclic amines) is 1. The van der Waals surface area contributed by atoms with E-state index in [9.17, 15) is 14.0 Å². The van der Waals surface area contributed by atoms with Gasteiger partial charge in [0.2, 0.25) is 0 Å². The number of piperidine rings is 1. The van der Waals surface area contributed by atoms with Crippen LogP contribution in [0.1, 0.15) is 23.2 Å². The Morgan fingerprint density at radius 2 is 2.16 bits per heavy atom. The van der Waals surface area contributed by atoms with Crippen LogP contribution in [-0.2, 0) is 4.79 Å². The summed E-state index contributed by atoms with van der Waals surface area (Å²) in [7, 11) is 0. The van der Waals surface area contributed by atoms with Gasteiger partial charge >= 0.3 is 5.97 Å². The van der Waals surface area contributed by atoms with Crippen LogP contribution in [-0.4, -0.2) is 35.0 Å². The number of carbonyl (C=O) groups is 2. The average Bonchev–Trinajstić information content (AvgIpc) is 2.41. The van der Waals surface area contributed by atoms with Crippen LogP contribution >= 0.6 is 11.6 Å². The highest BCUT2D eigenvalue weighted by atomic mass is 35.5. The quantitative estimate of drug-likeness (QED) is 0.908. The van der Waals surface area contributed by atoms with Gasteiger partial charge in [-0.1, -0.05) is 17.7 Å². The van der Waals surface area contributed by atoms with Gasteiger partial charge in [0.1, 0.15) is 0 Å². The molecule has 0 saturated carbocycles. The Labute approximate surface area is 114 Å². The number of aliphatic carboxylic acids is 1. The molecule has 0 aromatic heterocycles. The molecule has 1 saturated heterocycles. The first-order chi connectivity index (χ1) is 9.00. The molecule has 1 heterocycles. The number of rotatable bonds is 2. The van der Waals surface area contributed by atoms with Gasteiger partial charge in [-0.05, 0) is 25.0 Å².